The highest BCUT2D eigenvalue weighted by Crippen LogP contribution is 2.50. The first-order valence-corrected chi connectivity index (χ1v) is 3.35. The van der Waals surface area contributed by atoms with E-state index in [1.807, 2.05) is 6.08 Å². The van der Waals surface area contributed by atoms with Gasteiger partial charge in [0.05, 0.1) is 0 Å². The van der Waals surface area contributed by atoms with Crippen LogP contribution in [-0.4, -0.2) is 30.2 Å². The molecule has 2 heterocycles. The molecule has 3 aliphatic rings. The van der Waals surface area contributed by atoms with Crippen molar-refractivity contribution in [3.05, 3.63) is 12.2 Å². The van der Waals surface area contributed by atoms with Gasteiger partial charge in [-0.3, -0.25) is 4.79 Å². The number of epoxide rings is 2. The molecule has 0 aromatic heterocycles. The second kappa shape index (κ2) is 1.20. The van der Waals surface area contributed by atoms with E-state index in [1.54, 1.807) is 6.08 Å². The molecule has 0 saturated carbocycles. The molecule has 0 N–H and O–H groups in total. The minimum Gasteiger partial charge on any atom is -0.362 e. The SMILES string of the molecule is O=CC12C=CC3OC3C1O2. The molecule has 2 fully saturated rings. The predicted molar refractivity (Wildman–Crippen MR) is 31.5 cm³/mol. The Kier molecular flexibility index (Phi) is 0.604. The van der Waals surface area contributed by atoms with Crippen molar-refractivity contribution >= 4 is 6.29 Å². The average Bonchev–Trinajstić information content (AvgIpc) is 2.82. The Morgan fingerprint density at radius 2 is 2.50 bits per heavy atom. The van der Waals surface area contributed by atoms with Crippen LogP contribution in [0.1, 0.15) is 0 Å². The van der Waals surface area contributed by atoms with Crippen molar-refractivity contribution in [2.45, 2.75) is 23.9 Å². The van der Waals surface area contributed by atoms with Gasteiger partial charge in [-0.25, -0.2) is 0 Å². The molecule has 3 heteroatoms. The van der Waals surface area contributed by atoms with Crippen molar-refractivity contribution in [2.24, 2.45) is 0 Å². The lowest BCUT2D eigenvalue weighted by Crippen LogP contribution is -2.21. The molecule has 0 aromatic rings. The van der Waals surface area contributed by atoms with Crippen LogP contribution in [0.2, 0.25) is 0 Å². The van der Waals surface area contributed by atoms with Crippen LogP contribution in [0.3, 0.4) is 0 Å². The molecular formula is C7H6O3. The number of ether oxygens (including phenoxy) is 2. The highest BCUT2D eigenvalue weighted by molar-refractivity contribution is 5.73. The molecule has 4 atom stereocenters. The maximum Gasteiger partial charge on any atom is 0.171 e. The second-order valence-electron chi connectivity index (χ2n) is 2.93. The first-order chi connectivity index (χ1) is 4.86. The van der Waals surface area contributed by atoms with E-state index in [9.17, 15) is 4.79 Å². The molecule has 10 heavy (non-hydrogen) atoms. The Morgan fingerprint density at radius 1 is 1.60 bits per heavy atom. The maximum absolute atomic E-state index is 10.5. The third-order valence-corrected chi connectivity index (χ3v) is 2.31. The van der Waals surface area contributed by atoms with Gasteiger partial charge in [0.2, 0.25) is 0 Å². The Bertz CT molecular complexity index is 235. The summed E-state index contributed by atoms with van der Waals surface area (Å²) in [5.74, 6) is 0. The van der Waals surface area contributed by atoms with Crippen molar-refractivity contribution in [3.8, 4) is 0 Å². The molecule has 1 aliphatic carbocycles. The second-order valence-corrected chi connectivity index (χ2v) is 2.93. The zero-order chi connectivity index (χ0) is 6.77. The fourth-order valence-electron chi connectivity index (χ4n) is 1.56. The molecule has 0 bridgehead atoms. The van der Waals surface area contributed by atoms with E-state index in [4.69, 9.17) is 9.47 Å². The van der Waals surface area contributed by atoms with E-state index >= 15 is 0 Å². The van der Waals surface area contributed by atoms with Crippen LogP contribution >= 0.6 is 0 Å². The largest absolute Gasteiger partial charge is 0.362 e. The molecule has 0 amide bonds. The van der Waals surface area contributed by atoms with Gasteiger partial charge >= 0.3 is 0 Å². The highest BCUT2D eigenvalue weighted by atomic mass is 16.7. The van der Waals surface area contributed by atoms with Crippen molar-refractivity contribution in [2.75, 3.05) is 0 Å². The summed E-state index contributed by atoms with van der Waals surface area (Å²) in [5.41, 5.74) is -0.586. The van der Waals surface area contributed by atoms with Gasteiger partial charge in [-0.15, -0.1) is 0 Å². The van der Waals surface area contributed by atoms with Gasteiger partial charge in [0.15, 0.2) is 11.9 Å². The lowest BCUT2D eigenvalue weighted by molar-refractivity contribution is -0.110. The first-order valence-electron chi connectivity index (χ1n) is 3.35. The summed E-state index contributed by atoms with van der Waals surface area (Å²) < 4.78 is 10.4. The van der Waals surface area contributed by atoms with Gasteiger partial charge in [0.25, 0.3) is 0 Å². The average molecular weight is 138 g/mol. The summed E-state index contributed by atoms with van der Waals surface area (Å²) in [5, 5.41) is 0. The van der Waals surface area contributed by atoms with Gasteiger partial charge in [-0.05, 0) is 6.08 Å². The normalized spacial score (nSPS) is 60.6. The molecule has 0 spiro atoms. The summed E-state index contributed by atoms with van der Waals surface area (Å²) in [7, 11) is 0. The number of carbonyl (C=O) groups is 1. The topological polar surface area (TPSA) is 42.1 Å². The molecule has 0 radical (unpaired) electrons. The van der Waals surface area contributed by atoms with Crippen LogP contribution in [0.25, 0.3) is 0 Å². The Balaban J connectivity index is 2.02. The van der Waals surface area contributed by atoms with E-state index in [-0.39, 0.29) is 18.3 Å². The van der Waals surface area contributed by atoms with Crippen LogP contribution in [0, 0.1) is 0 Å². The van der Waals surface area contributed by atoms with Crippen molar-refractivity contribution in [1.29, 1.82) is 0 Å². The molecule has 2 aliphatic heterocycles. The molecule has 52 valence electrons. The van der Waals surface area contributed by atoms with E-state index in [2.05, 4.69) is 0 Å². The summed E-state index contributed by atoms with van der Waals surface area (Å²) in [6, 6.07) is 0. The Hall–Kier alpha value is -0.670. The van der Waals surface area contributed by atoms with Crippen LogP contribution in [0.4, 0.5) is 0 Å². The van der Waals surface area contributed by atoms with Gasteiger partial charge in [-0.2, -0.15) is 0 Å². The predicted octanol–water partition coefficient (Wildman–Crippen LogP) is -0.340. The van der Waals surface area contributed by atoms with E-state index < -0.39 is 5.60 Å². The molecule has 0 aromatic carbocycles. The summed E-state index contributed by atoms with van der Waals surface area (Å²) >= 11 is 0. The number of rotatable bonds is 1. The van der Waals surface area contributed by atoms with Crippen LogP contribution < -0.4 is 0 Å². The molecular weight excluding hydrogens is 132 g/mol. The molecule has 3 rings (SSSR count). The van der Waals surface area contributed by atoms with Crippen LogP contribution in [0.15, 0.2) is 12.2 Å². The fourth-order valence-corrected chi connectivity index (χ4v) is 1.56. The van der Waals surface area contributed by atoms with Crippen LogP contribution in [0.5, 0.6) is 0 Å². The van der Waals surface area contributed by atoms with Crippen molar-refractivity contribution in [1.82, 2.24) is 0 Å². The lowest BCUT2D eigenvalue weighted by atomic mass is 9.98. The standard InChI is InChI=1S/C7H6O3/c8-3-7-2-1-4-5(9-4)6(7)10-7/h1-6H. The van der Waals surface area contributed by atoms with Gasteiger partial charge in [0.1, 0.15) is 18.3 Å². The molecule has 3 nitrogen and oxygen atoms in total. The van der Waals surface area contributed by atoms with Gasteiger partial charge < -0.3 is 9.47 Å². The zero-order valence-electron chi connectivity index (χ0n) is 5.19. The van der Waals surface area contributed by atoms with Crippen molar-refractivity contribution in [3.63, 3.8) is 0 Å². The number of hydrogen-bond acceptors (Lipinski definition) is 3. The van der Waals surface area contributed by atoms with E-state index in [1.165, 1.54) is 0 Å². The summed E-state index contributed by atoms with van der Waals surface area (Å²) in [4.78, 5) is 10.5. The third kappa shape index (κ3) is 0.393. The summed E-state index contributed by atoms with van der Waals surface area (Å²) in [6.07, 6.45) is 5.00. The molecule has 4 unspecified atom stereocenters. The number of carbonyl (C=O) groups excluding carboxylic acids is 1. The van der Waals surface area contributed by atoms with E-state index in [0.29, 0.717) is 0 Å². The highest BCUT2D eigenvalue weighted by Gasteiger charge is 2.68. The van der Waals surface area contributed by atoms with E-state index in [0.717, 1.165) is 6.29 Å². The maximum atomic E-state index is 10.5. The number of fused-ring (bicyclic) bond motifs is 3. The van der Waals surface area contributed by atoms with Crippen molar-refractivity contribution < 1.29 is 14.3 Å². The number of hydrogen-bond donors (Lipinski definition) is 0. The van der Waals surface area contributed by atoms with Crippen LogP contribution in [-0.2, 0) is 14.3 Å². The zero-order valence-corrected chi connectivity index (χ0v) is 5.19. The van der Waals surface area contributed by atoms with Gasteiger partial charge in [-0.1, -0.05) is 6.08 Å². The Labute approximate surface area is 57.6 Å². The molecule has 2 saturated heterocycles. The lowest BCUT2D eigenvalue weighted by Gasteiger charge is -1.96. The monoisotopic (exact) mass is 138 g/mol. The fraction of sp³-hybridized carbons (Fsp3) is 0.571. The van der Waals surface area contributed by atoms with Gasteiger partial charge in [0, 0.05) is 0 Å². The third-order valence-electron chi connectivity index (χ3n) is 2.31. The minimum absolute atomic E-state index is 0.0278. The number of aldehydes is 1. The quantitative estimate of drug-likeness (QED) is 0.283. The Morgan fingerprint density at radius 3 is 3.30 bits per heavy atom. The minimum atomic E-state index is -0.586. The first kappa shape index (κ1) is 5.04. The summed E-state index contributed by atoms with van der Waals surface area (Å²) in [6.45, 7) is 0. The smallest absolute Gasteiger partial charge is 0.171 e.